The fraction of sp³-hybridized carbons (Fsp3) is 0.500. The summed E-state index contributed by atoms with van der Waals surface area (Å²) in [5.74, 6) is 0.883. The Morgan fingerprint density at radius 2 is 2.00 bits per heavy atom. The topological polar surface area (TPSA) is 49.3 Å². The van der Waals surface area contributed by atoms with Crippen LogP contribution < -0.4 is 10.6 Å². The molecule has 4 nitrogen and oxygen atoms in total. The third-order valence-electron chi connectivity index (χ3n) is 3.31. The van der Waals surface area contributed by atoms with Gasteiger partial charge in [0.1, 0.15) is 0 Å². The number of guanidine groups is 1. The van der Waals surface area contributed by atoms with E-state index in [0.717, 1.165) is 44.1 Å². The van der Waals surface area contributed by atoms with Gasteiger partial charge in [0.05, 0.1) is 14.5 Å². The maximum atomic E-state index is 4.64. The second-order valence-corrected chi connectivity index (χ2v) is 8.98. The molecule has 0 saturated carbocycles. The molecule has 2 heterocycles. The van der Waals surface area contributed by atoms with E-state index >= 15 is 0 Å². The molecule has 0 amide bonds. The van der Waals surface area contributed by atoms with Crippen molar-refractivity contribution >= 4 is 68.5 Å². The molecule has 24 heavy (non-hydrogen) atoms. The monoisotopic (exact) mass is 542 g/mol. The summed E-state index contributed by atoms with van der Waals surface area (Å²) in [6.07, 6.45) is 1.90. The van der Waals surface area contributed by atoms with Crippen LogP contribution in [0.4, 0.5) is 0 Å². The Balaban J connectivity index is 0.00000288. The number of hydrogen-bond donors (Lipinski definition) is 2. The van der Waals surface area contributed by atoms with Crippen molar-refractivity contribution in [3.63, 3.8) is 0 Å². The summed E-state index contributed by atoms with van der Waals surface area (Å²) in [5, 5.41) is 7.86. The van der Waals surface area contributed by atoms with Crippen LogP contribution in [0, 0.1) is 13.8 Å². The van der Waals surface area contributed by atoms with Gasteiger partial charge in [0.15, 0.2) is 5.96 Å². The highest BCUT2D eigenvalue weighted by atomic mass is 127. The van der Waals surface area contributed by atoms with Crippen molar-refractivity contribution in [3.05, 3.63) is 36.4 Å². The summed E-state index contributed by atoms with van der Waals surface area (Å²) in [7, 11) is 0. The standard InChI is InChI=1S/C16H23BrN4S2.HI/c1-4-18-16(19-9-7-13-5-6-14(17)23-13)20-10-8-15-21-11(2)12(3)22-15;/h5-6H,4,7-10H2,1-3H3,(H2,18,19,20);1H. The molecule has 0 fully saturated rings. The van der Waals surface area contributed by atoms with E-state index in [0.29, 0.717) is 0 Å². The van der Waals surface area contributed by atoms with Gasteiger partial charge in [-0.15, -0.1) is 46.7 Å². The predicted molar refractivity (Wildman–Crippen MR) is 120 cm³/mol. The van der Waals surface area contributed by atoms with Crippen molar-refractivity contribution in [2.24, 2.45) is 4.99 Å². The number of aliphatic imine (C=N–C) groups is 1. The van der Waals surface area contributed by atoms with Crippen molar-refractivity contribution in [1.29, 1.82) is 0 Å². The highest BCUT2D eigenvalue weighted by Gasteiger charge is 2.04. The van der Waals surface area contributed by atoms with Gasteiger partial charge >= 0.3 is 0 Å². The Hall–Kier alpha value is -0.190. The van der Waals surface area contributed by atoms with Crippen molar-refractivity contribution in [3.8, 4) is 0 Å². The summed E-state index contributed by atoms with van der Waals surface area (Å²) in [4.78, 5) is 11.9. The smallest absolute Gasteiger partial charge is 0.191 e. The van der Waals surface area contributed by atoms with Crippen LogP contribution in [0.25, 0.3) is 0 Å². The number of nitrogens with one attached hydrogen (secondary N) is 2. The summed E-state index contributed by atoms with van der Waals surface area (Å²) >= 11 is 7.05. The second-order valence-electron chi connectivity index (χ2n) is 5.14. The van der Waals surface area contributed by atoms with Crippen LogP contribution in [-0.2, 0) is 12.8 Å². The minimum atomic E-state index is 0. The average Bonchev–Trinajstić information content (AvgIpc) is 3.05. The lowest BCUT2D eigenvalue weighted by molar-refractivity contribution is 0.800. The molecule has 134 valence electrons. The minimum absolute atomic E-state index is 0. The second kappa shape index (κ2) is 11.4. The molecule has 0 aromatic carbocycles. The van der Waals surface area contributed by atoms with Gasteiger partial charge in [0.25, 0.3) is 0 Å². The molecular weight excluding hydrogens is 519 g/mol. The number of aryl methyl sites for hydroxylation is 2. The van der Waals surface area contributed by atoms with Gasteiger partial charge in [0, 0.05) is 35.8 Å². The Kier molecular flexibility index (Phi) is 10.4. The van der Waals surface area contributed by atoms with Gasteiger partial charge in [-0.3, -0.25) is 4.99 Å². The van der Waals surface area contributed by atoms with Crippen LogP contribution in [0.5, 0.6) is 0 Å². The number of nitrogens with zero attached hydrogens (tertiary/aromatic N) is 2. The number of thiophene rings is 1. The molecule has 0 saturated heterocycles. The Morgan fingerprint density at radius 1 is 1.21 bits per heavy atom. The number of aromatic nitrogens is 1. The van der Waals surface area contributed by atoms with Gasteiger partial charge in [-0.25, -0.2) is 4.98 Å². The van der Waals surface area contributed by atoms with Gasteiger partial charge in [-0.2, -0.15) is 0 Å². The lowest BCUT2D eigenvalue weighted by Crippen LogP contribution is -2.38. The zero-order chi connectivity index (χ0) is 16.7. The molecular formula is C16H24BrIN4S2. The zero-order valence-corrected chi connectivity index (χ0v) is 19.7. The number of thiazole rings is 1. The number of hydrogen-bond acceptors (Lipinski definition) is 4. The van der Waals surface area contributed by atoms with E-state index in [-0.39, 0.29) is 24.0 Å². The number of halogens is 2. The maximum Gasteiger partial charge on any atom is 0.191 e. The molecule has 2 aromatic rings. The van der Waals surface area contributed by atoms with E-state index in [1.807, 2.05) is 0 Å². The highest BCUT2D eigenvalue weighted by molar-refractivity contribution is 14.0. The third kappa shape index (κ3) is 7.37. The first kappa shape index (κ1) is 21.9. The highest BCUT2D eigenvalue weighted by Crippen LogP contribution is 2.22. The molecule has 0 aliphatic carbocycles. The SMILES string of the molecule is CCNC(=NCCc1nc(C)c(C)s1)NCCc1ccc(Br)s1.I. The van der Waals surface area contributed by atoms with Crippen LogP contribution in [0.1, 0.15) is 27.4 Å². The lowest BCUT2D eigenvalue weighted by Gasteiger charge is -2.10. The van der Waals surface area contributed by atoms with E-state index < -0.39 is 0 Å². The van der Waals surface area contributed by atoms with Crippen molar-refractivity contribution in [2.75, 3.05) is 19.6 Å². The van der Waals surface area contributed by atoms with Crippen molar-refractivity contribution in [1.82, 2.24) is 15.6 Å². The quantitative estimate of drug-likeness (QED) is 0.307. The molecule has 0 aliphatic rings. The fourth-order valence-corrected chi connectivity index (χ4v) is 4.45. The molecule has 2 aromatic heterocycles. The molecule has 0 atom stereocenters. The fourth-order valence-electron chi connectivity index (χ4n) is 2.04. The average molecular weight is 543 g/mol. The van der Waals surface area contributed by atoms with E-state index in [2.05, 4.69) is 69.4 Å². The van der Waals surface area contributed by atoms with E-state index in [9.17, 15) is 0 Å². The molecule has 0 bridgehead atoms. The van der Waals surface area contributed by atoms with Crippen LogP contribution in [-0.4, -0.2) is 30.6 Å². The summed E-state index contributed by atoms with van der Waals surface area (Å²) in [6.45, 7) is 8.77. The minimum Gasteiger partial charge on any atom is -0.357 e. The van der Waals surface area contributed by atoms with E-state index in [4.69, 9.17) is 0 Å². The summed E-state index contributed by atoms with van der Waals surface area (Å²) in [5.41, 5.74) is 1.14. The third-order valence-corrected chi connectivity index (χ3v) is 6.12. The van der Waals surface area contributed by atoms with Crippen LogP contribution >= 0.6 is 62.6 Å². The molecule has 2 rings (SSSR count). The predicted octanol–water partition coefficient (Wildman–Crippen LogP) is 4.54. The summed E-state index contributed by atoms with van der Waals surface area (Å²) < 4.78 is 1.18. The van der Waals surface area contributed by atoms with Crippen LogP contribution in [0.3, 0.4) is 0 Å². The van der Waals surface area contributed by atoms with Gasteiger partial charge in [0.2, 0.25) is 0 Å². The molecule has 0 radical (unpaired) electrons. The van der Waals surface area contributed by atoms with E-state index in [1.165, 1.54) is 18.5 Å². The molecule has 0 spiro atoms. The molecule has 0 unspecified atom stereocenters. The van der Waals surface area contributed by atoms with Crippen LogP contribution in [0.2, 0.25) is 0 Å². The van der Waals surface area contributed by atoms with Gasteiger partial charge in [-0.05, 0) is 55.3 Å². The lowest BCUT2D eigenvalue weighted by atomic mass is 10.3. The molecule has 2 N–H and O–H groups in total. The normalized spacial score (nSPS) is 11.2. The Morgan fingerprint density at radius 3 is 2.58 bits per heavy atom. The maximum absolute atomic E-state index is 4.64. The molecule has 0 aliphatic heterocycles. The van der Waals surface area contributed by atoms with Gasteiger partial charge in [-0.1, -0.05) is 0 Å². The zero-order valence-electron chi connectivity index (χ0n) is 14.2. The Bertz CT molecular complexity index is 635. The first-order chi connectivity index (χ1) is 11.1. The summed E-state index contributed by atoms with van der Waals surface area (Å²) in [6, 6.07) is 4.25. The van der Waals surface area contributed by atoms with Crippen molar-refractivity contribution in [2.45, 2.75) is 33.6 Å². The van der Waals surface area contributed by atoms with Gasteiger partial charge < -0.3 is 10.6 Å². The Labute approximate surface area is 177 Å². The van der Waals surface area contributed by atoms with E-state index in [1.54, 1.807) is 22.7 Å². The number of rotatable bonds is 7. The molecule has 8 heteroatoms. The first-order valence-corrected chi connectivity index (χ1v) is 10.2. The van der Waals surface area contributed by atoms with Crippen molar-refractivity contribution < 1.29 is 0 Å². The first-order valence-electron chi connectivity index (χ1n) is 7.77. The largest absolute Gasteiger partial charge is 0.357 e. The van der Waals surface area contributed by atoms with Crippen LogP contribution in [0.15, 0.2) is 20.9 Å².